The van der Waals surface area contributed by atoms with Gasteiger partial charge in [0.15, 0.2) is 5.76 Å². The molecule has 2 N–H and O–H groups in total. The minimum Gasteiger partial charge on any atom is -0.461 e. The van der Waals surface area contributed by atoms with Gasteiger partial charge in [0.25, 0.3) is 0 Å². The van der Waals surface area contributed by atoms with E-state index in [1.165, 1.54) is 25.7 Å². The molecule has 0 saturated heterocycles. The molecule has 1 aliphatic carbocycles. The Labute approximate surface area is 147 Å². The van der Waals surface area contributed by atoms with E-state index in [4.69, 9.17) is 9.15 Å². The smallest absolute Gasteiger partial charge is 0.248 e. The molecule has 0 aromatic carbocycles. The molecule has 1 atom stereocenters. The quantitative estimate of drug-likeness (QED) is 0.752. The summed E-state index contributed by atoms with van der Waals surface area (Å²) in [5.74, 6) is 1.78. The van der Waals surface area contributed by atoms with Crippen molar-refractivity contribution in [2.45, 2.75) is 64.1 Å². The fourth-order valence-electron chi connectivity index (χ4n) is 3.10. The van der Waals surface area contributed by atoms with Gasteiger partial charge in [-0.2, -0.15) is 5.10 Å². The zero-order chi connectivity index (χ0) is 17.5. The zero-order valence-corrected chi connectivity index (χ0v) is 14.7. The Bertz CT molecular complexity index is 645. The fraction of sp³-hybridized carbons (Fsp3) is 0.611. The summed E-state index contributed by atoms with van der Waals surface area (Å²) in [4.78, 5) is 16.5. The highest BCUT2D eigenvalue weighted by molar-refractivity contribution is 5.80. The second kappa shape index (κ2) is 8.80. The maximum Gasteiger partial charge on any atom is 0.248 e. The van der Waals surface area contributed by atoms with Gasteiger partial charge in [0.1, 0.15) is 11.9 Å². The Morgan fingerprint density at radius 3 is 2.92 bits per heavy atom. The summed E-state index contributed by atoms with van der Waals surface area (Å²) in [5, 5.41) is 9.88. The molecule has 0 radical (unpaired) electrons. The minimum atomic E-state index is -0.420. The number of furan rings is 1. The number of aromatic nitrogens is 3. The Morgan fingerprint density at radius 2 is 2.20 bits per heavy atom. The van der Waals surface area contributed by atoms with Crippen molar-refractivity contribution in [1.82, 2.24) is 20.5 Å². The second-order valence-corrected chi connectivity index (χ2v) is 6.52. The number of hydrogen-bond donors (Lipinski definition) is 2. The average molecular weight is 346 g/mol. The van der Waals surface area contributed by atoms with Crippen LogP contribution in [0, 0.1) is 0 Å². The standard InChI is InChI=1S/C18H26N4O3/c1-13(25-14-7-4-2-3-5-8-14)18(23)19-11-10-16-20-17(22-21-16)15-9-6-12-24-15/h6,9,12-14H,2-5,7-8,10-11H2,1H3,(H,19,23)(H,20,21,22). The van der Waals surface area contributed by atoms with Gasteiger partial charge in [-0.3, -0.25) is 9.89 Å². The molecule has 1 saturated carbocycles. The number of rotatable bonds is 7. The summed E-state index contributed by atoms with van der Waals surface area (Å²) >= 11 is 0. The molecule has 7 heteroatoms. The van der Waals surface area contributed by atoms with Crippen molar-refractivity contribution in [3.63, 3.8) is 0 Å². The van der Waals surface area contributed by atoms with Crippen molar-refractivity contribution in [3.8, 4) is 11.6 Å². The third-order valence-corrected chi connectivity index (χ3v) is 4.50. The molecule has 3 rings (SSSR count). The molecule has 0 spiro atoms. The van der Waals surface area contributed by atoms with Crippen LogP contribution < -0.4 is 5.32 Å². The monoisotopic (exact) mass is 346 g/mol. The van der Waals surface area contributed by atoms with Crippen LogP contribution in [-0.2, 0) is 16.0 Å². The molecule has 0 bridgehead atoms. The number of nitrogens with one attached hydrogen (secondary N) is 2. The largest absolute Gasteiger partial charge is 0.461 e. The number of hydrogen-bond acceptors (Lipinski definition) is 5. The van der Waals surface area contributed by atoms with Crippen molar-refractivity contribution < 1.29 is 13.9 Å². The number of aromatic amines is 1. The summed E-state index contributed by atoms with van der Waals surface area (Å²) in [6.45, 7) is 2.31. The molecule has 7 nitrogen and oxygen atoms in total. The van der Waals surface area contributed by atoms with Crippen LogP contribution in [0.4, 0.5) is 0 Å². The summed E-state index contributed by atoms with van der Waals surface area (Å²) < 4.78 is 11.2. The summed E-state index contributed by atoms with van der Waals surface area (Å²) in [6.07, 6.45) is 9.03. The lowest BCUT2D eigenvalue weighted by Crippen LogP contribution is -2.37. The lowest BCUT2D eigenvalue weighted by Gasteiger charge is -2.20. The van der Waals surface area contributed by atoms with Crippen LogP contribution in [-0.4, -0.2) is 39.8 Å². The van der Waals surface area contributed by atoms with E-state index < -0.39 is 6.10 Å². The topological polar surface area (TPSA) is 93.0 Å². The molecular formula is C18H26N4O3. The van der Waals surface area contributed by atoms with Crippen molar-refractivity contribution in [1.29, 1.82) is 0 Å². The number of carbonyl (C=O) groups excluding carboxylic acids is 1. The third-order valence-electron chi connectivity index (χ3n) is 4.50. The first-order valence-corrected chi connectivity index (χ1v) is 9.10. The van der Waals surface area contributed by atoms with Gasteiger partial charge in [-0.25, -0.2) is 4.98 Å². The van der Waals surface area contributed by atoms with Gasteiger partial charge in [-0.15, -0.1) is 0 Å². The molecule has 25 heavy (non-hydrogen) atoms. The van der Waals surface area contributed by atoms with E-state index in [1.54, 1.807) is 18.4 Å². The Balaban J connectivity index is 1.40. The SMILES string of the molecule is CC(OC1CCCCCC1)C(=O)NCCc1nc(-c2ccco2)n[nH]1. The zero-order valence-electron chi connectivity index (χ0n) is 14.7. The highest BCUT2D eigenvalue weighted by atomic mass is 16.5. The van der Waals surface area contributed by atoms with Gasteiger partial charge in [-0.1, -0.05) is 25.7 Å². The fourth-order valence-corrected chi connectivity index (χ4v) is 3.10. The first kappa shape index (κ1) is 17.7. The van der Waals surface area contributed by atoms with E-state index in [0.717, 1.165) is 12.8 Å². The van der Waals surface area contributed by atoms with Gasteiger partial charge in [0.05, 0.1) is 12.4 Å². The Morgan fingerprint density at radius 1 is 1.40 bits per heavy atom. The van der Waals surface area contributed by atoms with E-state index in [9.17, 15) is 4.79 Å². The van der Waals surface area contributed by atoms with Crippen molar-refractivity contribution in [3.05, 3.63) is 24.2 Å². The Hall–Kier alpha value is -2.15. The number of nitrogens with zero attached hydrogens (tertiary/aromatic N) is 2. The van der Waals surface area contributed by atoms with Gasteiger partial charge in [0.2, 0.25) is 11.7 Å². The summed E-state index contributed by atoms with van der Waals surface area (Å²) in [5.41, 5.74) is 0. The van der Waals surface area contributed by atoms with Gasteiger partial charge in [0, 0.05) is 13.0 Å². The van der Waals surface area contributed by atoms with Crippen molar-refractivity contribution in [2.24, 2.45) is 0 Å². The molecule has 2 aromatic rings. The minimum absolute atomic E-state index is 0.0741. The lowest BCUT2D eigenvalue weighted by atomic mass is 10.1. The normalized spacial score (nSPS) is 17.2. The number of amides is 1. The maximum absolute atomic E-state index is 12.2. The van der Waals surface area contributed by atoms with Crippen molar-refractivity contribution in [2.75, 3.05) is 6.54 Å². The van der Waals surface area contributed by atoms with Crippen LogP contribution in [0.5, 0.6) is 0 Å². The number of H-pyrrole nitrogens is 1. The first-order chi connectivity index (χ1) is 12.2. The van der Waals surface area contributed by atoms with E-state index in [-0.39, 0.29) is 12.0 Å². The predicted octanol–water partition coefficient (Wildman–Crippen LogP) is 2.85. The maximum atomic E-state index is 12.2. The molecule has 2 heterocycles. The highest BCUT2D eigenvalue weighted by Gasteiger charge is 2.20. The number of ether oxygens (including phenoxy) is 1. The second-order valence-electron chi connectivity index (χ2n) is 6.52. The van der Waals surface area contributed by atoms with Gasteiger partial charge < -0.3 is 14.5 Å². The van der Waals surface area contributed by atoms with E-state index in [2.05, 4.69) is 20.5 Å². The van der Waals surface area contributed by atoms with Crippen LogP contribution in [0.3, 0.4) is 0 Å². The lowest BCUT2D eigenvalue weighted by molar-refractivity contribution is -0.135. The van der Waals surface area contributed by atoms with Gasteiger partial charge in [-0.05, 0) is 31.9 Å². The third kappa shape index (κ3) is 5.16. The van der Waals surface area contributed by atoms with Crippen LogP contribution in [0.15, 0.2) is 22.8 Å². The summed E-state index contributed by atoms with van der Waals surface area (Å²) in [6, 6.07) is 3.60. The van der Waals surface area contributed by atoms with Gasteiger partial charge >= 0.3 is 0 Å². The molecule has 1 aliphatic rings. The molecule has 0 aliphatic heterocycles. The average Bonchev–Trinajstić information content (AvgIpc) is 3.23. The van der Waals surface area contributed by atoms with Crippen molar-refractivity contribution >= 4 is 5.91 Å². The first-order valence-electron chi connectivity index (χ1n) is 9.10. The van der Waals surface area contributed by atoms with Crippen LogP contribution in [0.2, 0.25) is 0 Å². The summed E-state index contributed by atoms with van der Waals surface area (Å²) in [7, 11) is 0. The number of carbonyl (C=O) groups is 1. The van der Waals surface area contributed by atoms with E-state index in [0.29, 0.717) is 30.4 Å². The molecule has 2 aromatic heterocycles. The van der Waals surface area contributed by atoms with Crippen LogP contribution in [0.1, 0.15) is 51.3 Å². The van der Waals surface area contributed by atoms with E-state index in [1.807, 2.05) is 6.92 Å². The molecule has 1 fully saturated rings. The molecule has 1 unspecified atom stereocenters. The van der Waals surface area contributed by atoms with E-state index >= 15 is 0 Å². The van der Waals surface area contributed by atoms with Crippen LogP contribution in [0.25, 0.3) is 11.6 Å². The molecule has 1 amide bonds. The molecular weight excluding hydrogens is 320 g/mol. The predicted molar refractivity (Wildman–Crippen MR) is 92.8 cm³/mol. The Kier molecular flexibility index (Phi) is 6.22. The molecule has 136 valence electrons. The highest BCUT2D eigenvalue weighted by Crippen LogP contribution is 2.21. The van der Waals surface area contributed by atoms with Crippen LogP contribution >= 0.6 is 0 Å².